The highest BCUT2D eigenvalue weighted by Gasteiger charge is 2.35. The molecule has 2 heterocycles. The number of benzene rings is 2. The standard InChI is InChI=1S/C35H44N6O9S/c1-17(2)14-24-30(45)36-18(3)29(44)41-27(19(4)42)32(47)39-26(35(49)50)16-51-34-22(21-12-8-9-13-23(21)40-34)15-25(31(46)37-24)38-33(48)28(43)20-10-6-5-7-11-20/h5-13,17-19,24-28,40,42-43H,14-16H2,1-4H3,(H,36,45)(H,37,46)(H,38,48)(H,39,47)(H,41,44)(H,49,50)/t18-,19-,24+,25+,26+,27+,28+/m1/s1. The SMILES string of the molecule is CC(C)C[C@@H]1NC(=O)[C@@H](NC(=O)[C@@H](O)c2ccccc2)Cc2c([nH]c3ccccc23)SC[C@@H](C(=O)O)NC(=O)[C@H]([C@@H](C)O)NC(=O)[C@@H](C)NC1=O. The molecular formula is C35H44N6O9S. The molecule has 0 spiro atoms. The van der Waals surface area contributed by atoms with Crippen molar-refractivity contribution in [2.24, 2.45) is 5.92 Å². The molecule has 0 bridgehead atoms. The minimum Gasteiger partial charge on any atom is -0.480 e. The highest BCUT2D eigenvalue weighted by atomic mass is 32.2. The van der Waals surface area contributed by atoms with Crippen molar-refractivity contribution in [1.29, 1.82) is 0 Å². The van der Waals surface area contributed by atoms with Crippen molar-refractivity contribution in [2.45, 2.75) is 88.0 Å². The molecule has 0 saturated heterocycles. The van der Waals surface area contributed by atoms with Gasteiger partial charge in [-0.1, -0.05) is 62.4 Å². The van der Waals surface area contributed by atoms with Gasteiger partial charge in [0.25, 0.3) is 5.91 Å². The number of H-pyrrole nitrogens is 1. The summed E-state index contributed by atoms with van der Waals surface area (Å²) >= 11 is 1.04. The lowest BCUT2D eigenvalue weighted by Gasteiger charge is -2.27. The summed E-state index contributed by atoms with van der Waals surface area (Å²) in [6.45, 7) is 6.27. The summed E-state index contributed by atoms with van der Waals surface area (Å²) in [5.74, 6) is -5.81. The van der Waals surface area contributed by atoms with E-state index in [9.17, 15) is 44.1 Å². The van der Waals surface area contributed by atoms with Crippen LogP contribution in [0.1, 0.15) is 51.3 Å². The Morgan fingerprint density at radius 1 is 0.863 bits per heavy atom. The Kier molecular flexibility index (Phi) is 13.2. The number of thioether (sulfide) groups is 1. The van der Waals surface area contributed by atoms with Crippen molar-refractivity contribution in [3.05, 3.63) is 65.7 Å². The first-order valence-corrected chi connectivity index (χ1v) is 17.5. The number of hydrogen-bond donors (Lipinski definition) is 9. The Hall–Kier alpha value is -4.93. The normalized spacial score (nSPS) is 23.8. The zero-order valence-electron chi connectivity index (χ0n) is 28.6. The van der Waals surface area contributed by atoms with E-state index in [1.165, 1.54) is 13.8 Å². The lowest BCUT2D eigenvalue weighted by molar-refractivity contribution is -0.142. The summed E-state index contributed by atoms with van der Waals surface area (Å²) in [6, 6.07) is 8.50. The Morgan fingerprint density at radius 2 is 1.53 bits per heavy atom. The fourth-order valence-electron chi connectivity index (χ4n) is 5.59. The van der Waals surface area contributed by atoms with Crippen molar-refractivity contribution in [3.8, 4) is 0 Å². The van der Waals surface area contributed by atoms with Crippen LogP contribution in [0, 0.1) is 5.92 Å². The molecule has 0 radical (unpaired) electrons. The van der Waals surface area contributed by atoms with Crippen LogP contribution in [0.2, 0.25) is 0 Å². The number of fused-ring (bicyclic) bond motifs is 3. The van der Waals surface area contributed by atoms with E-state index in [4.69, 9.17) is 0 Å². The monoisotopic (exact) mass is 724 g/mol. The van der Waals surface area contributed by atoms with Gasteiger partial charge >= 0.3 is 5.97 Å². The minimum absolute atomic E-state index is 0.0990. The third-order valence-electron chi connectivity index (χ3n) is 8.34. The number of para-hydroxylation sites is 1. The molecule has 4 rings (SSSR count). The molecule has 7 atom stereocenters. The molecule has 1 aliphatic heterocycles. The maximum atomic E-state index is 14.1. The van der Waals surface area contributed by atoms with Crippen molar-refractivity contribution in [3.63, 3.8) is 0 Å². The summed E-state index contributed by atoms with van der Waals surface area (Å²) in [5, 5.41) is 45.0. The van der Waals surface area contributed by atoms with Gasteiger partial charge in [-0.2, -0.15) is 0 Å². The Balaban J connectivity index is 1.79. The van der Waals surface area contributed by atoms with Gasteiger partial charge in [0.05, 0.1) is 11.1 Å². The van der Waals surface area contributed by atoms with Crippen LogP contribution in [-0.4, -0.2) is 97.9 Å². The Labute approximate surface area is 298 Å². The van der Waals surface area contributed by atoms with Crippen LogP contribution in [0.3, 0.4) is 0 Å². The van der Waals surface area contributed by atoms with E-state index in [0.29, 0.717) is 27.1 Å². The average molecular weight is 725 g/mol. The van der Waals surface area contributed by atoms with E-state index in [0.717, 1.165) is 11.8 Å². The maximum absolute atomic E-state index is 14.1. The lowest BCUT2D eigenvalue weighted by Crippen LogP contribution is -2.60. The molecule has 9 N–H and O–H groups in total. The van der Waals surface area contributed by atoms with Gasteiger partial charge in [0.15, 0.2) is 6.10 Å². The van der Waals surface area contributed by atoms with Gasteiger partial charge in [0.2, 0.25) is 23.6 Å². The number of carbonyl (C=O) groups is 6. The summed E-state index contributed by atoms with van der Waals surface area (Å²) in [6.07, 6.45) is -3.04. The first kappa shape index (κ1) is 38.9. The molecule has 1 aliphatic rings. The van der Waals surface area contributed by atoms with Crippen LogP contribution in [0.4, 0.5) is 0 Å². The third kappa shape index (κ3) is 10.1. The quantitative estimate of drug-likeness (QED) is 0.164. The first-order chi connectivity index (χ1) is 24.2. The summed E-state index contributed by atoms with van der Waals surface area (Å²) in [7, 11) is 0. The first-order valence-electron chi connectivity index (χ1n) is 16.5. The summed E-state index contributed by atoms with van der Waals surface area (Å²) in [4.78, 5) is 82.9. The molecule has 274 valence electrons. The van der Waals surface area contributed by atoms with Crippen LogP contribution >= 0.6 is 11.8 Å². The summed E-state index contributed by atoms with van der Waals surface area (Å²) in [5.41, 5.74) is 1.48. The number of amides is 5. The number of aromatic nitrogens is 1. The van der Waals surface area contributed by atoms with Crippen LogP contribution in [-0.2, 0) is 35.2 Å². The predicted molar refractivity (Wildman–Crippen MR) is 188 cm³/mol. The average Bonchev–Trinajstić information content (AvgIpc) is 3.43. The molecule has 3 aromatic rings. The molecule has 1 aromatic heterocycles. The van der Waals surface area contributed by atoms with Gasteiger partial charge in [-0.05, 0) is 43.4 Å². The van der Waals surface area contributed by atoms with E-state index in [2.05, 4.69) is 31.6 Å². The maximum Gasteiger partial charge on any atom is 0.327 e. The fourth-order valence-corrected chi connectivity index (χ4v) is 6.70. The predicted octanol–water partition coefficient (Wildman–Crippen LogP) is 0.505. The molecule has 5 amide bonds. The van der Waals surface area contributed by atoms with Gasteiger partial charge in [-0.25, -0.2) is 4.79 Å². The molecule has 0 fully saturated rings. The van der Waals surface area contributed by atoms with Crippen molar-refractivity contribution < 1.29 is 44.1 Å². The van der Waals surface area contributed by atoms with E-state index < -0.39 is 77.9 Å². The lowest BCUT2D eigenvalue weighted by atomic mass is 10.00. The van der Waals surface area contributed by atoms with Crippen LogP contribution in [0.5, 0.6) is 0 Å². The van der Waals surface area contributed by atoms with Gasteiger partial charge in [-0.15, -0.1) is 11.8 Å². The third-order valence-corrected chi connectivity index (χ3v) is 9.48. The number of aliphatic carboxylic acids is 1. The second kappa shape index (κ2) is 17.3. The van der Waals surface area contributed by atoms with Crippen molar-refractivity contribution >= 4 is 58.2 Å². The van der Waals surface area contributed by atoms with Crippen LogP contribution in [0.15, 0.2) is 59.6 Å². The van der Waals surface area contributed by atoms with Gasteiger partial charge in [0, 0.05) is 23.1 Å². The molecule has 16 heteroatoms. The molecule has 2 aromatic carbocycles. The fraction of sp³-hybridized carbons (Fsp3) is 0.429. The van der Waals surface area contributed by atoms with Gasteiger partial charge in [0.1, 0.15) is 30.2 Å². The van der Waals surface area contributed by atoms with Gasteiger partial charge in [-0.3, -0.25) is 24.0 Å². The smallest absolute Gasteiger partial charge is 0.327 e. The van der Waals surface area contributed by atoms with Crippen LogP contribution < -0.4 is 26.6 Å². The van der Waals surface area contributed by atoms with Crippen molar-refractivity contribution in [1.82, 2.24) is 31.6 Å². The number of aromatic amines is 1. The number of carboxylic acid groups (broad SMARTS) is 1. The number of nitrogens with one attached hydrogen (secondary N) is 6. The number of aliphatic hydroxyl groups excluding tert-OH is 2. The Bertz CT molecular complexity index is 1750. The largest absolute Gasteiger partial charge is 0.480 e. The topological polar surface area (TPSA) is 239 Å². The highest BCUT2D eigenvalue weighted by Crippen LogP contribution is 2.32. The molecular weight excluding hydrogens is 680 g/mol. The minimum atomic E-state index is -1.62. The van der Waals surface area contributed by atoms with E-state index in [1.807, 2.05) is 13.8 Å². The van der Waals surface area contributed by atoms with E-state index in [-0.39, 0.29) is 24.5 Å². The van der Waals surface area contributed by atoms with Crippen LogP contribution in [0.25, 0.3) is 10.9 Å². The molecule has 0 aliphatic carbocycles. The molecule has 0 unspecified atom stereocenters. The zero-order valence-corrected chi connectivity index (χ0v) is 29.5. The van der Waals surface area contributed by atoms with E-state index in [1.54, 1.807) is 54.6 Å². The van der Waals surface area contributed by atoms with Gasteiger partial charge < -0.3 is 46.9 Å². The molecule has 0 saturated carbocycles. The number of aliphatic hydroxyl groups is 2. The van der Waals surface area contributed by atoms with E-state index >= 15 is 0 Å². The second-order valence-electron chi connectivity index (χ2n) is 12.9. The zero-order chi connectivity index (χ0) is 37.4. The molecule has 51 heavy (non-hydrogen) atoms. The Morgan fingerprint density at radius 3 is 2.18 bits per heavy atom. The number of carboxylic acids is 1. The number of carbonyl (C=O) groups excluding carboxylic acids is 5. The number of hydrogen-bond acceptors (Lipinski definition) is 9. The molecule has 15 nitrogen and oxygen atoms in total. The number of rotatable bonds is 7. The van der Waals surface area contributed by atoms with Crippen molar-refractivity contribution in [2.75, 3.05) is 5.75 Å². The highest BCUT2D eigenvalue weighted by molar-refractivity contribution is 7.99. The summed E-state index contributed by atoms with van der Waals surface area (Å²) < 4.78 is 0. The second-order valence-corrected chi connectivity index (χ2v) is 13.9.